The van der Waals surface area contributed by atoms with Gasteiger partial charge >= 0.3 is 0 Å². The van der Waals surface area contributed by atoms with Gasteiger partial charge in [0.15, 0.2) is 0 Å². The summed E-state index contributed by atoms with van der Waals surface area (Å²) in [6.45, 7) is 18.9. The van der Waals surface area contributed by atoms with E-state index in [0.29, 0.717) is 5.57 Å². The average molecular weight is 448 g/mol. The fourth-order valence-corrected chi connectivity index (χ4v) is 3.23. The van der Waals surface area contributed by atoms with E-state index in [9.17, 15) is 0 Å². The molecular weight excluding hydrogens is 402 g/mol. The van der Waals surface area contributed by atoms with E-state index in [1.807, 2.05) is 64.7 Å². The summed E-state index contributed by atoms with van der Waals surface area (Å²) < 4.78 is 2.04. The third-order valence-corrected chi connectivity index (χ3v) is 5.15. The second kappa shape index (κ2) is 15.0. The number of hydrogen-bond acceptors (Lipinski definition) is 2. The first kappa shape index (κ1) is 30.0. The molecule has 0 saturated carbocycles. The monoisotopic (exact) mass is 447 g/mol. The number of nitrogens with one attached hydrogen (secondary N) is 1. The summed E-state index contributed by atoms with van der Waals surface area (Å²) in [5.74, 6) is 0.218. The van der Waals surface area contributed by atoms with Crippen LogP contribution in [0.1, 0.15) is 78.0 Å². The van der Waals surface area contributed by atoms with E-state index in [2.05, 4.69) is 88.6 Å². The van der Waals surface area contributed by atoms with Gasteiger partial charge in [-0.1, -0.05) is 89.9 Å². The lowest BCUT2D eigenvalue weighted by molar-refractivity contribution is 0.590. The van der Waals surface area contributed by atoms with Crippen molar-refractivity contribution in [1.82, 2.24) is 9.88 Å². The Kier molecular flexibility index (Phi) is 13.6. The minimum atomic E-state index is 0.218. The van der Waals surface area contributed by atoms with Crippen LogP contribution in [0, 0.1) is 18.3 Å². The predicted molar refractivity (Wildman–Crippen MR) is 145 cm³/mol. The molecule has 180 valence electrons. The van der Waals surface area contributed by atoms with Gasteiger partial charge in [0.05, 0.1) is 5.57 Å². The second-order valence-electron chi connectivity index (χ2n) is 8.64. The molecule has 3 rings (SSSR count). The molecule has 2 aromatic rings. The fourth-order valence-electron chi connectivity index (χ4n) is 3.23. The van der Waals surface area contributed by atoms with E-state index < -0.39 is 0 Å². The standard InChI is InChI=1S/C15H17N3.C11H16.2C2H6/c1-11-4-5-12(9-16)15(17-2)8-14(11)13-6-7-18(3)10-13;1-9-5-7-10(8-6-9)11(2,3)4;2*1-2/h4-8,10,14,17H,1-3H3;5-8H,1-4H3;2*1-2H3/t14-;;;/m1.../s1. The van der Waals surface area contributed by atoms with Crippen LogP contribution < -0.4 is 5.32 Å². The minimum Gasteiger partial charge on any atom is -0.387 e. The lowest BCUT2D eigenvalue weighted by Gasteiger charge is -2.18. The van der Waals surface area contributed by atoms with Crippen molar-refractivity contribution in [3.63, 3.8) is 0 Å². The molecule has 0 saturated heterocycles. The number of likely N-dealkylation sites (N-methyl/N-ethyl adjacent to an activating group) is 1. The Balaban J connectivity index is 0.000000586. The molecule has 0 radical (unpaired) electrons. The van der Waals surface area contributed by atoms with Crippen molar-refractivity contribution in [2.45, 2.75) is 73.6 Å². The average Bonchev–Trinajstić information content (AvgIpc) is 3.16. The first-order chi connectivity index (χ1) is 15.7. The van der Waals surface area contributed by atoms with E-state index in [4.69, 9.17) is 5.26 Å². The van der Waals surface area contributed by atoms with Gasteiger partial charge in [0, 0.05) is 38.1 Å². The topological polar surface area (TPSA) is 40.8 Å². The number of aromatic nitrogens is 1. The van der Waals surface area contributed by atoms with Gasteiger partial charge in [0.1, 0.15) is 6.07 Å². The van der Waals surface area contributed by atoms with Crippen LogP contribution in [0.2, 0.25) is 0 Å². The Morgan fingerprint density at radius 2 is 1.52 bits per heavy atom. The molecule has 3 nitrogen and oxygen atoms in total. The first-order valence-corrected chi connectivity index (χ1v) is 12.0. The molecule has 0 fully saturated rings. The largest absolute Gasteiger partial charge is 0.387 e. The van der Waals surface area contributed by atoms with Gasteiger partial charge < -0.3 is 9.88 Å². The number of aryl methyl sites for hydroxylation is 2. The summed E-state index contributed by atoms with van der Waals surface area (Å²) in [4.78, 5) is 0. The van der Waals surface area contributed by atoms with Crippen molar-refractivity contribution < 1.29 is 0 Å². The Labute approximate surface area is 203 Å². The van der Waals surface area contributed by atoms with Gasteiger partial charge in [0.25, 0.3) is 0 Å². The maximum atomic E-state index is 9.13. The van der Waals surface area contributed by atoms with E-state index in [1.165, 1.54) is 22.3 Å². The van der Waals surface area contributed by atoms with Crippen LogP contribution in [0.15, 0.2) is 77.8 Å². The molecule has 1 aliphatic rings. The smallest absolute Gasteiger partial charge is 0.101 e. The second-order valence-corrected chi connectivity index (χ2v) is 8.64. The van der Waals surface area contributed by atoms with E-state index in [-0.39, 0.29) is 11.3 Å². The Morgan fingerprint density at radius 1 is 0.939 bits per heavy atom. The van der Waals surface area contributed by atoms with Crippen LogP contribution in [0.25, 0.3) is 0 Å². The summed E-state index contributed by atoms with van der Waals surface area (Å²) in [6, 6.07) is 13.1. The van der Waals surface area contributed by atoms with Crippen molar-refractivity contribution in [2.24, 2.45) is 7.05 Å². The van der Waals surface area contributed by atoms with Gasteiger partial charge in [-0.15, -0.1) is 0 Å². The van der Waals surface area contributed by atoms with Crippen molar-refractivity contribution in [3.05, 3.63) is 94.5 Å². The van der Waals surface area contributed by atoms with Crippen molar-refractivity contribution in [2.75, 3.05) is 7.05 Å². The molecule has 33 heavy (non-hydrogen) atoms. The lowest BCUT2D eigenvalue weighted by Crippen LogP contribution is -2.10. The predicted octanol–water partition coefficient (Wildman–Crippen LogP) is 7.97. The van der Waals surface area contributed by atoms with Gasteiger partial charge in [-0.3, -0.25) is 0 Å². The zero-order valence-corrected chi connectivity index (χ0v) is 22.7. The number of allylic oxidation sites excluding steroid dienone is 5. The van der Waals surface area contributed by atoms with Crippen molar-refractivity contribution in [3.8, 4) is 6.07 Å². The van der Waals surface area contributed by atoms with Crippen molar-refractivity contribution >= 4 is 0 Å². The number of rotatable bonds is 2. The molecule has 0 amide bonds. The summed E-state index contributed by atoms with van der Waals surface area (Å²) in [6.07, 6.45) is 10.2. The van der Waals surface area contributed by atoms with E-state index in [0.717, 1.165) is 5.70 Å². The van der Waals surface area contributed by atoms with Gasteiger partial charge in [-0.2, -0.15) is 5.26 Å². The molecule has 3 heteroatoms. The van der Waals surface area contributed by atoms with Crippen LogP contribution in [-0.2, 0) is 12.5 Å². The number of hydrogen-bond donors (Lipinski definition) is 1. The molecule has 1 aliphatic carbocycles. The van der Waals surface area contributed by atoms with Crippen LogP contribution in [0.4, 0.5) is 0 Å². The highest BCUT2D eigenvalue weighted by Gasteiger charge is 2.17. The highest BCUT2D eigenvalue weighted by Crippen LogP contribution is 2.30. The van der Waals surface area contributed by atoms with Gasteiger partial charge in [-0.25, -0.2) is 0 Å². The molecule has 0 spiro atoms. The van der Waals surface area contributed by atoms with Gasteiger partial charge in [-0.05, 0) is 48.6 Å². The SMILES string of the molecule is CC.CC.CNC1=C[C@@H](c2ccn(C)c2)C(C)=CC=C1C#N.Cc1ccc(C(C)(C)C)cc1. The molecule has 1 heterocycles. The molecule has 0 aliphatic heterocycles. The summed E-state index contributed by atoms with van der Waals surface area (Å²) in [7, 11) is 3.86. The molecule has 1 aromatic heterocycles. The van der Waals surface area contributed by atoms with Crippen LogP contribution in [-0.4, -0.2) is 11.6 Å². The number of nitrogens with zero attached hydrogens (tertiary/aromatic N) is 2. The third kappa shape index (κ3) is 9.58. The summed E-state index contributed by atoms with van der Waals surface area (Å²) in [5, 5.41) is 12.2. The quantitative estimate of drug-likeness (QED) is 0.507. The Morgan fingerprint density at radius 3 is 1.94 bits per heavy atom. The van der Waals surface area contributed by atoms with Gasteiger partial charge in [0.2, 0.25) is 0 Å². The van der Waals surface area contributed by atoms with Crippen molar-refractivity contribution in [1.29, 1.82) is 5.26 Å². The summed E-state index contributed by atoms with van der Waals surface area (Å²) >= 11 is 0. The highest BCUT2D eigenvalue weighted by atomic mass is 14.9. The maximum absolute atomic E-state index is 9.13. The van der Waals surface area contributed by atoms with Crippen LogP contribution in [0.3, 0.4) is 0 Å². The molecular formula is C30H45N3. The summed E-state index contributed by atoms with van der Waals surface area (Å²) in [5.41, 5.74) is 7.06. The number of nitriles is 1. The van der Waals surface area contributed by atoms with E-state index in [1.54, 1.807) is 0 Å². The van der Waals surface area contributed by atoms with E-state index >= 15 is 0 Å². The number of benzene rings is 1. The highest BCUT2D eigenvalue weighted by molar-refractivity contribution is 5.49. The lowest BCUT2D eigenvalue weighted by atomic mass is 9.87. The normalized spacial score (nSPS) is 14.7. The first-order valence-electron chi connectivity index (χ1n) is 12.0. The molecule has 1 atom stereocenters. The van der Waals surface area contributed by atoms with Crippen LogP contribution in [0.5, 0.6) is 0 Å². The van der Waals surface area contributed by atoms with Crippen LogP contribution >= 0.6 is 0 Å². The zero-order valence-electron chi connectivity index (χ0n) is 22.7. The fraction of sp³-hybridized carbons (Fsp3) is 0.433. The Hall–Kier alpha value is -2.99. The molecule has 1 aromatic carbocycles. The molecule has 1 N–H and O–H groups in total. The molecule has 0 bridgehead atoms. The zero-order chi connectivity index (χ0) is 25.6. The maximum Gasteiger partial charge on any atom is 0.101 e. The molecule has 0 unspecified atom stereocenters. The Bertz CT molecular complexity index is 955. The third-order valence-electron chi connectivity index (χ3n) is 5.15. The minimum absolute atomic E-state index is 0.218.